The summed E-state index contributed by atoms with van der Waals surface area (Å²) in [5.41, 5.74) is 6.27. The van der Waals surface area contributed by atoms with Crippen LogP contribution in [0.15, 0.2) is 80.0 Å². The monoisotopic (exact) mass is 954 g/mol. The highest BCUT2D eigenvalue weighted by Crippen LogP contribution is 2.35. The molecule has 4 atom stereocenters. The molecule has 4 rings (SSSR count). The summed E-state index contributed by atoms with van der Waals surface area (Å²) in [5.74, 6) is -8.29. The Morgan fingerprint density at radius 1 is 0.826 bits per heavy atom. The minimum absolute atomic E-state index is 0.0257. The third-order valence-electron chi connectivity index (χ3n) is 12.1. The van der Waals surface area contributed by atoms with Crippen LogP contribution in [0.5, 0.6) is 0 Å². The number of nitrogens with two attached hydrogens (primary N) is 1. The van der Waals surface area contributed by atoms with Crippen molar-refractivity contribution in [3.63, 3.8) is 0 Å². The standard InChI is InChI=1S/C54H75N5O10/c1-11-16-37(31-59-26-23-40-27-36(7)17-22-44(40)59)30-56-49(63)43(29-45(55)60)57-52(66)54(24-14-13-15-25-54)58-48(62)42(28-46(61)69-53(8,9)10)41(12-2)38-18-20-39(21-19-38)47(50(64)67-32-34(3)4)51(65)68-33-35(5)6/h11-12,17-23,26-27,34-35,37,41-43,47H,1-2,13-16,24-25,28-33H2,3-10H3,(H2,55,60)(H,56,63)(H,57,66)(H,58,62)/t37-,41+,42-,43-/m0/s1. The van der Waals surface area contributed by atoms with Crippen molar-refractivity contribution < 1.29 is 47.8 Å². The van der Waals surface area contributed by atoms with Gasteiger partial charge in [0.05, 0.1) is 32.0 Å². The Hall–Kier alpha value is -6.25. The zero-order valence-electron chi connectivity index (χ0n) is 41.9. The van der Waals surface area contributed by atoms with E-state index in [1.165, 1.54) is 6.08 Å². The van der Waals surface area contributed by atoms with Crippen molar-refractivity contribution in [2.75, 3.05) is 19.8 Å². The van der Waals surface area contributed by atoms with Gasteiger partial charge < -0.3 is 40.5 Å². The predicted molar refractivity (Wildman–Crippen MR) is 265 cm³/mol. The maximum Gasteiger partial charge on any atom is 0.324 e. The number of primary amides is 1. The lowest BCUT2D eigenvalue weighted by molar-refractivity contribution is -0.159. The lowest BCUT2D eigenvalue weighted by Crippen LogP contribution is -2.64. The highest BCUT2D eigenvalue weighted by Gasteiger charge is 2.45. The van der Waals surface area contributed by atoms with Crippen LogP contribution in [0.3, 0.4) is 0 Å². The molecule has 0 spiro atoms. The highest BCUT2D eigenvalue weighted by molar-refractivity contribution is 6.01. The normalized spacial score (nSPS) is 15.3. The number of aryl methyl sites for hydroxylation is 1. The van der Waals surface area contributed by atoms with Crippen LogP contribution in [0.2, 0.25) is 0 Å². The Bertz CT molecular complexity index is 2260. The van der Waals surface area contributed by atoms with Crippen molar-refractivity contribution in [2.24, 2.45) is 29.4 Å². The fourth-order valence-electron chi connectivity index (χ4n) is 8.60. The molecule has 1 fully saturated rings. The number of amides is 4. The molecular formula is C54H75N5O10. The van der Waals surface area contributed by atoms with Gasteiger partial charge >= 0.3 is 17.9 Å². The molecule has 1 aromatic heterocycles. The molecule has 2 aromatic carbocycles. The first-order valence-electron chi connectivity index (χ1n) is 24.2. The maximum absolute atomic E-state index is 14.8. The molecule has 0 bridgehead atoms. The number of hydrogen-bond acceptors (Lipinski definition) is 10. The van der Waals surface area contributed by atoms with Crippen molar-refractivity contribution in [3.8, 4) is 0 Å². The zero-order chi connectivity index (χ0) is 51.1. The van der Waals surface area contributed by atoms with Gasteiger partial charge in [-0.3, -0.25) is 33.6 Å². The topological polar surface area (TPSA) is 214 Å². The average Bonchev–Trinajstić information content (AvgIpc) is 3.67. The van der Waals surface area contributed by atoms with Crippen LogP contribution >= 0.6 is 0 Å². The van der Waals surface area contributed by atoms with Crippen LogP contribution in [0.4, 0.5) is 0 Å². The summed E-state index contributed by atoms with van der Waals surface area (Å²) in [6, 6.07) is 13.3. The Morgan fingerprint density at radius 3 is 1.99 bits per heavy atom. The zero-order valence-corrected chi connectivity index (χ0v) is 41.9. The molecule has 1 saturated carbocycles. The molecule has 15 nitrogen and oxygen atoms in total. The number of esters is 3. The molecule has 4 amide bonds. The predicted octanol–water partition coefficient (Wildman–Crippen LogP) is 7.24. The summed E-state index contributed by atoms with van der Waals surface area (Å²) in [5, 5.41) is 9.80. The van der Waals surface area contributed by atoms with E-state index in [4.69, 9.17) is 19.9 Å². The van der Waals surface area contributed by atoms with Gasteiger partial charge in [0.1, 0.15) is 17.2 Å². The number of ether oxygens (including phenoxy) is 3. The van der Waals surface area contributed by atoms with Gasteiger partial charge in [0.2, 0.25) is 23.6 Å². The van der Waals surface area contributed by atoms with Crippen molar-refractivity contribution in [3.05, 3.63) is 96.7 Å². The van der Waals surface area contributed by atoms with Crippen LogP contribution in [0.25, 0.3) is 10.9 Å². The molecule has 0 aliphatic heterocycles. The van der Waals surface area contributed by atoms with Gasteiger partial charge in [-0.25, -0.2) is 0 Å². The molecule has 5 N–H and O–H groups in total. The number of nitrogens with zero attached hydrogens (tertiary/aromatic N) is 1. The Labute approximate surface area is 407 Å². The first kappa shape index (κ1) is 55.3. The number of carbonyl (C=O) groups excluding carboxylic acids is 7. The van der Waals surface area contributed by atoms with Crippen molar-refractivity contribution >= 4 is 52.4 Å². The van der Waals surface area contributed by atoms with E-state index in [-0.39, 0.29) is 50.4 Å². The SMILES string of the molecule is C=CC[C@@H](CNC(=O)[C@H](CC(N)=O)NC(=O)C1(NC(=O)[C@@H](CC(=O)OC(C)(C)C)[C@H](C=C)c2ccc(C(C(=O)OCC(C)C)C(=O)OCC(C)C)cc2)CCCCC1)Cn1ccc2cc(C)ccc21. The molecule has 376 valence electrons. The quantitative estimate of drug-likeness (QED) is 0.0289. The number of allylic oxidation sites excluding steroid dienone is 2. The van der Waals surface area contributed by atoms with E-state index in [0.29, 0.717) is 36.9 Å². The number of rotatable bonds is 25. The molecule has 3 aromatic rings. The molecule has 1 heterocycles. The number of carbonyl (C=O) groups is 7. The smallest absolute Gasteiger partial charge is 0.324 e. The van der Waals surface area contributed by atoms with Gasteiger partial charge in [-0.05, 0) is 99.4 Å². The van der Waals surface area contributed by atoms with Crippen molar-refractivity contribution in [1.82, 2.24) is 20.5 Å². The minimum Gasteiger partial charge on any atom is -0.465 e. The van der Waals surface area contributed by atoms with Crippen LogP contribution in [-0.4, -0.2) is 83.0 Å². The van der Waals surface area contributed by atoms with Gasteiger partial charge in [-0.2, -0.15) is 0 Å². The fraction of sp³-hybridized carbons (Fsp3) is 0.537. The second-order valence-corrected chi connectivity index (χ2v) is 20.3. The first-order chi connectivity index (χ1) is 32.6. The van der Waals surface area contributed by atoms with Crippen molar-refractivity contribution in [1.29, 1.82) is 0 Å². The maximum atomic E-state index is 14.8. The largest absolute Gasteiger partial charge is 0.465 e. The number of fused-ring (bicyclic) bond motifs is 1. The van der Waals surface area contributed by atoms with Gasteiger partial charge in [0.25, 0.3) is 0 Å². The minimum atomic E-state index is -1.52. The van der Waals surface area contributed by atoms with E-state index in [1.807, 2.05) is 52.9 Å². The van der Waals surface area contributed by atoms with E-state index in [2.05, 4.69) is 45.8 Å². The summed E-state index contributed by atoms with van der Waals surface area (Å²) in [6.45, 7) is 23.6. The van der Waals surface area contributed by atoms with Crippen LogP contribution < -0.4 is 21.7 Å². The number of nitrogens with one attached hydrogen (secondary N) is 3. The molecule has 1 aliphatic rings. The fourth-order valence-corrected chi connectivity index (χ4v) is 8.60. The second kappa shape index (κ2) is 25.4. The van der Waals surface area contributed by atoms with Crippen LogP contribution in [0.1, 0.15) is 128 Å². The lowest BCUT2D eigenvalue weighted by atomic mass is 9.78. The molecule has 15 heteroatoms. The molecule has 1 aliphatic carbocycles. The van der Waals surface area contributed by atoms with E-state index >= 15 is 0 Å². The summed E-state index contributed by atoms with van der Waals surface area (Å²) < 4.78 is 18.8. The molecule has 0 radical (unpaired) electrons. The highest BCUT2D eigenvalue weighted by atomic mass is 16.6. The first-order valence-corrected chi connectivity index (χ1v) is 24.2. The van der Waals surface area contributed by atoms with Gasteiger partial charge in [0.15, 0.2) is 5.92 Å². The summed E-state index contributed by atoms with van der Waals surface area (Å²) in [4.78, 5) is 96.0. The van der Waals surface area contributed by atoms with Gasteiger partial charge in [0, 0.05) is 30.7 Å². The van der Waals surface area contributed by atoms with E-state index < -0.39 is 89.3 Å². The molecule has 0 unspecified atom stereocenters. The second-order valence-electron chi connectivity index (χ2n) is 20.3. The third-order valence-corrected chi connectivity index (χ3v) is 12.1. The Kier molecular flexibility index (Phi) is 20.4. The van der Waals surface area contributed by atoms with Crippen LogP contribution in [-0.2, 0) is 54.3 Å². The summed E-state index contributed by atoms with van der Waals surface area (Å²) in [7, 11) is 0. The Morgan fingerprint density at radius 2 is 1.43 bits per heavy atom. The number of hydrogen-bond donors (Lipinski definition) is 4. The Balaban J connectivity index is 1.61. The molecular weight excluding hydrogens is 879 g/mol. The molecule has 69 heavy (non-hydrogen) atoms. The van der Waals surface area contributed by atoms with Crippen LogP contribution in [0, 0.1) is 30.6 Å². The molecule has 0 saturated heterocycles. The van der Waals surface area contributed by atoms with Gasteiger partial charge in [-0.1, -0.05) is 95.0 Å². The number of aromatic nitrogens is 1. The van der Waals surface area contributed by atoms with Gasteiger partial charge in [-0.15, -0.1) is 13.2 Å². The summed E-state index contributed by atoms with van der Waals surface area (Å²) >= 11 is 0. The lowest BCUT2D eigenvalue weighted by Gasteiger charge is -2.39. The van der Waals surface area contributed by atoms with Crippen molar-refractivity contribution in [2.45, 2.75) is 142 Å². The average molecular weight is 954 g/mol. The third kappa shape index (κ3) is 16.5. The summed E-state index contributed by atoms with van der Waals surface area (Å²) in [6.07, 6.45) is 7.36. The number of benzene rings is 2. The van der Waals surface area contributed by atoms with E-state index in [0.717, 1.165) is 22.9 Å². The van der Waals surface area contributed by atoms with E-state index in [1.54, 1.807) is 51.1 Å². The van der Waals surface area contributed by atoms with E-state index in [9.17, 15) is 33.6 Å².